The lowest BCUT2D eigenvalue weighted by Gasteiger charge is -2.16. The normalized spacial score (nSPS) is 14.8. The SMILES string of the molecule is CC(C)OCCCNC(=O)c1cc2c(s1)-c1ccc(Cl)cc1S(=O)(=O)C2. The van der Waals surface area contributed by atoms with E-state index in [0.717, 1.165) is 11.3 Å². The first kappa shape index (κ1) is 19.4. The van der Waals surface area contributed by atoms with Crippen LogP contribution in [-0.4, -0.2) is 33.6 Å². The van der Waals surface area contributed by atoms with Gasteiger partial charge >= 0.3 is 0 Å². The summed E-state index contributed by atoms with van der Waals surface area (Å²) in [7, 11) is -3.45. The molecular weight excluding hydrogens is 394 g/mol. The fourth-order valence-electron chi connectivity index (χ4n) is 2.78. The Balaban J connectivity index is 1.77. The Bertz CT molecular complexity index is 935. The van der Waals surface area contributed by atoms with E-state index in [0.29, 0.717) is 34.2 Å². The van der Waals surface area contributed by atoms with E-state index in [-0.39, 0.29) is 22.7 Å². The van der Waals surface area contributed by atoms with Crippen molar-refractivity contribution in [3.05, 3.63) is 39.7 Å². The van der Waals surface area contributed by atoms with Crippen LogP contribution in [0.25, 0.3) is 10.4 Å². The number of carbonyl (C=O) groups excluding carboxylic acids is 1. The molecule has 140 valence electrons. The number of carbonyl (C=O) groups is 1. The zero-order chi connectivity index (χ0) is 18.9. The van der Waals surface area contributed by atoms with Crippen LogP contribution in [0.4, 0.5) is 0 Å². The molecule has 0 unspecified atom stereocenters. The lowest BCUT2D eigenvalue weighted by Crippen LogP contribution is -2.24. The lowest BCUT2D eigenvalue weighted by atomic mass is 10.1. The van der Waals surface area contributed by atoms with E-state index < -0.39 is 9.84 Å². The van der Waals surface area contributed by atoms with Gasteiger partial charge in [-0.15, -0.1) is 11.3 Å². The maximum atomic E-state index is 12.5. The van der Waals surface area contributed by atoms with Gasteiger partial charge in [-0.25, -0.2) is 8.42 Å². The van der Waals surface area contributed by atoms with Gasteiger partial charge in [0.05, 0.1) is 21.6 Å². The van der Waals surface area contributed by atoms with Crippen molar-refractivity contribution in [3.8, 4) is 10.4 Å². The Hall–Kier alpha value is -1.41. The van der Waals surface area contributed by atoms with Gasteiger partial charge in [-0.3, -0.25) is 4.79 Å². The molecule has 1 amide bonds. The molecule has 5 nitrogen and oxygen atoms in total. The minimum absolute atomic E-state index is 0.109. The molecule has 3 rings (SSSR count). The predicted molar refractivity (Wildman–Crippen MR) is 104 cm³/mol. The van der Waals surface area contributed by atoms with Crippen LogP contribution in [0.3, 0.4) is 0 Å². The highest BCUT2D eigenvalue weighted by molar-refractivity contribution is 7.91. The quantitative estimate of drug-likeness (QED) is 0.729. The molecule has 0 atom stereocenters. The van der Waals surface area contributed by atoms with Crippen molar-refractivity contribution < 1.29 is 17.9 Å². The summed E-state index contributed by atoms with van der Waals surface area (Å²) in [5, 5.41) is 3.24. The molecule has 26 heavy (non-hydrogen) atoms. The highest BCUT2D eigenvalue weighted by Gasteiger charge is 2.31. The monoisotopic (exact) mass is 413 g/mol. The topological polar surface area (TPSA) is 72.5 Å². The van der Waals surface area contributed by atoms with Crippen molar-refractivity contribution in [3.63, 3.8) is 0 Å². The van der Waals surface area contributed by atoms with Crippen LogP contribution in [0.15, 0.2) is 29.2 Å². The summed E-state index contributed by atoms with van der Waals surface area (Å²) in [6.45, 7) is 5.03. The average molecular weight is 414 g/mol. The van der Waals surface area contributed by atoms with Gasteiger partial charge in [-0.2, -0.15) is 0 Å². The van der Waals surface area contributed by atoms with Crippen LogP contribution in [-0.2, 0) is 20.3 Å². The van der Waals surface area contributed by atoms with Crippen LogP contribution < -0.4 is 5.32 Å². The summed E-state index contributed by atoms with van der Waals surface area (Å²) in [4.78, 5) is 13.9. The van der Waals surface area contributed by atoms with Crippen molar-refractivity contribution >= 4 is 38.7 Å². The van der Waals surface area contributed by atoms with E-state index in [1.54, 1.807) is 18.2 Å². The number of hydrogen-bond acceptors (Lipinski definition) is 5. The number of fused-ring (bicyclic) bond motifs is 3. The molecule has 1 aromatic carbocycles. The number of sulfone groups is 1. The van der Waals surface area contributed by atoms with Crippen molar-refractivity contribution in [2.75, 3.05) is 13.2 Å². The largest absolute Gasteiger partial charge is 0.379 e. The fourth-order valence-corrected chi connectivity index (χ4v) is 5.91. The second-order valence-electron chi connectivity index (χ2n) is 6.39. The number of ether oxygens (including phenoxy) is 1. The fraction of sp³-hybridized carbons (Fsp3) is 0.389. The lowest BCUT2D eigenvalue weighted by molar-refractivity contribution is 0.0757. The molecule has 2 aromatic rings. The van der Waals surface area contributed by atoms with Crippen LogP contribution in [0.2, 0.25) is 5.02 Å². The van der Waals surface area contributed by atoms with Gasteiger partial charge in [0.15, 0.2) is 9.84 Å². The Labute approximate surface area is 162 Å². The van der Waals surface area contributed by atoms with Crippen LogP contribution in [0.1, 0.15) is 35.5 Å². The van der Waals surface area contributed by atoms with Crippen LogP contribution in [0, 0.1) is 0 Å². The zero-order valence-corrected chi connectivity index (χ0v) is 16.9. The number of rotatable bonds is 6. The number of hydrogen-bond donors (Lipinski definition) is 1. The summed E-state index contributed by atoms with van der Waals surface area (Å²) in [5.74, 6) is -0.302. The first-order chi connectivity index (χ1) is 12.3. The zero-order valence-electron chi connectivity index (χ0n) is 14.5. The van der Waals surface area contributed by atoms with Gasteiger partial charge in [-0.1, -0.05) is 17.7 Å². The molecule has 1 aromatic heterocycles. The number of benzene rings is 1. The van der Waals surface area contributed by atoms with Crippen LogP contribution >= 0.6 is 22.9 Å². The second-order valence-corrected chi connectivity index (χ2v) is 9.84. The minimum atomic E-state index is -3.45. The van der Waals surface area contributed by atoms with Gasteiger partial charge in [-0.05, 0) is 44.0 Å². The third-order valence-electron chi connectivity index (χ3n) is 3.96. The molecule has 0 bridgehead atoms. The van der Waals surface area contributed by atoms with Gasteiger partial charge in [0.1, 0.15) is 0 Å². The first-order valence-electron chi connectivity index (χ1n) is 8.33. The first-order valence-corrected chi connectivity index (χ1v) is 11.2. The van der Waals surface area contributed by atoms with E-state index >= 15 is 0 Å². The molecule has 1 aliphatic rings. The highest BCUT2D eigenvalue weighted by atomic mass is 35.5. The maximum Gasteiger partial charge on any atom is 0.261 e. The van der Waals surface area contributed by atoms with E-state index in [2.05, 4.69) is 5.32 Å². The number of amides is 1. The highest BCUT2D eigenvalue weighted by Crippen LogP contribution is 2.43. The average Bonchev–Trinajstić information content (AvgIpc) is 2.97. The standard InChI is InChI=1S/C18H20ClNO4S2/c1-11(2)24-7-3-6-20-18(21)15-8-12-10-26(22,23)16-9-13(19)4-5-14(16)17(12)25-15/h4-5,8-9,11H,3,6-7,10H2,1-2H3,(H,20,21). The van der Waals surface area contributed by atoms with E-state index in [1.807, 2.05) is 13.8 Å². The summed E-state index contributed by atoms with van der Waals surface area (Å²) >= 11 is 7.26. The predicted octanol–water partition coefficient (Wildman–Crippen LogP) is 3.90. The summed E-state index contributed by atoms with van der Waals surface area (Å²) in [6, 6.07) is 6.52. The van der Waals surface area contributed by atoms with Crippen molar-refractivity contribution in [1.29, 1.82) is 0 Å². The molecule has 0 saturated heterocycles. The Morgan fingerprint density at radius 1 is 1.35 bits per heavy atom. The number of nitrogens with one attached hydrogen (secondary N) is 1. The molecule has 8 heteroatoms. The Morgan fingerprint density at radius 2 is 2.12 bits per heavy atom. The molecule has 0 saturated carbocycles. The third kappa shape index (κ3) is 4.11. The minimum Gasteiger partial charge on any atom is -0.379 e. The molecule has 2 heterocycles. The summed E-state index contributed by atoms with van der Waals surface area (Å²) in [5.41, 5.74) is 1.28. The van der Waals surface area contributed by atoms with E-state index in [9.17, 15) is 13.2 Å². The van der Waals surface area contributed by atoms with E-state index in [4.69, 9.17) is 16.3 Å². The molecule has 0 aliphatic carbocycles. The Kier molecular flexibility index (Phi) is 5.72. The third-order valence-corrected chi connectivity index (χ3v) is 7.10. The molecular formula is C18H20ClNO4S2. The Morgan fingerprint density at radius 3 is 2.85 bits per heavy atom. The van der Waals surface area contributed by atoms with Crippen molar-refractivity contribution in [2.24, 2.45) is 0 Å². The number of halogens is 1. The molecule has 0 spiro atoms. The van der Waals surface area contributed by atoms with Crippen molar-refractivity contribution in [1.82, 2.24) is 5.32 Å². The van der Waals surface area contributed by atoms with Gasteiger partial charge < -0.3 is 10.1 Å². The maximum absolute atomic E-state index is 12.5. The number of thiophene rings is 1. The molecule has 0 fully saturated rings. The molecule has 1 N–H and O–H groups in total. The summed E-state index contributed by atoms with van der Waals surface area (Å²) in [6.07, 6.45) is 0.898. The summed E-state index contributed by atoms with van der Waals surface area (Å²) < 4.78 is 30.4. The van der Waals surface area contributed by atoms with Gasteiger partial charge in [0.2, 0.25) is 0 Å². The second kappa shape index (κ2) is 7.68. The van der Waals surface area contributed by atoms with Crippen LogP contribution in [0.5, 0.6) is 0 Å². The van der Waals surface area contributed by atoms with Gasteiger partial charge in [0.25, 0.3) is 5.91 Å². The van der Waals surface area contributed by atoms with E-state index in [1.165, 1.54) is 17.4 Å². The molecule has 0 radical (unpaired) electrons. The van der Waals surface area contributed by atoms with Gasteiger partial charge in [0, 0.05) is 28.6 Å². The molecule has 1 aliphatic heterocycles. The van der Waals surface area contributed by atoms with Crippen molar-refractivity contribution in [2.45, 2.75) is 37.0 Å². The smallest absolute Gasteiger partial charge is 0.261 e.